The Balaban J connectivity index is 2.58. The molecule has 126 valence electrons. The average molecular weight is 326 g/mol. The molecule has 1 aliphatic heterocycles. The number of piperazine rings is 1. The van der Waals surface area contributed by atoms with Crippen LogP contribution in [0.4, 0.5) is 13.2 Å². The van der Waals surface area contributed by atoms with E-state index in [0.29, 0.717) is 5.56 Å². The molecule has 1 aromatic carbocycles. The normalized spacial score (nSPS) is 29.0. The summed E-state index contributed by atoms with van der Waals surface area (Å²) in [6, 6.07) is 3.20. The summed E-state index contributed by atoms with van der Waals surface area (Å²) >= 11 is 0. The van der Waals surface area contributed by atoms with Crippen LogP contribution < -0.4 is 0 Å². The van der Waals surface area contributed by atoms with E-state index in [1.807, 2.05) is 0 Å². The van der Waals surface area contributed by atoms with Gasteiger partial charge in [0.25, 0.3) is 0 Å². The van der Waals surface area contributed by atoms with E-state index in [4.69, 9.17) is 0 Å². The number of alkyl halides is 1. The molecule has 0 spiro atoms. The van der Waals surface area contributed by atoms with Gasteiger partial charge < -0.3 is 4.90 Å². The third-order valence-corrected chi connectivity index (χ3v) is 4.75. The molecule has 0 radical (unpaired) electrons. The molecule has 1 aromatic rings. The van der Waals surface area contributed by atoms with E-state index in [2.05, 4.69) is 6.58 Å². The molecule has 2 rings (SSSR count). The van der Waals surface area contributed by atoms with Gasteiger partial charge in [-0.1, -0.05) is 6.08 Å². The van der Waals surface area contributed by atoms with Gasteiger partial charge in [0.1, 0.15) is 23.8 Å². The summed E-state index contributed by atoms with van der Waals surface area (Å²) in [6.45, 7) is 6.44. The summed E-state index contributed by atoms with van der Waals surface area (Å²) in [5.74, 6) is -1.86. The zero-order valence-electron chi connectivity index (χ0n) is 13.6. The van der Waals surface area contributed by atoms with Crippen molar-refractivity contribution in [2.45, 2.75) is 24.9 Å². The molecule has 0 aliphatic carbocycles. The number of carbonyl (C=O) groups is 1. The monoisotopic (exact) mass is 326 g/mol. The van der Waals surface area contributed by atoms with Crippen LogP contribution in [0.2, 0.25) is 0 Å². The molecule has 1 heterocycles. The quantitative estimate of drug-likeness (QED) is 0.795. The number of halogens is 3. The van der Waals surface area contributed by atoms with Gasteiger partial charge in [-0.15, -0.1) is 6.58 Å². The summed E-state index contributed by atoms with van der Waals surface area (Å²) in [7, 11) is 1.64. The van der Waals surface area contributed by atoms with Gasteiger partial charge in [0.2, 0.25) is 5.91 Å². The van der Waals surface area contributed by atoms with Crippen molar-refractivity contribution in [3.05, 3.63) is 48.1 Å². The summed E-state index contributed by atoms with van der Waals surface area (Å²) < 4.78 is 40.8. The number of nitrogens with zero attached hydrogens (tertiary/aromatic N) is 2. The topological polar surface area (TPSA) is 23.6 Å². The molecular weight excluding hydrogens is 305 g/mol. The van der Waals surface area contributed by atoms with Gasteiger partial charge in [0.15, 0.2) is 0 Å². The van der Waals surface area contributed by atoms with Gasteiger partial charge in [-0.05, 0) is 38.6 Å². The standard InChI is InChI=1S/C17H21F3N2O/c1-5-6-22-15(23)16(2,10-18)21(4)11-17(22,3)12-7-13(19)9-14(20)8-12/h5,7-9H,1,6,10-11H2,2-4H3/t16-,17-/m1/s1. The number of hydrogen-bond donors (Lipinski definition) is 0. The fourth-order valence-electron chi connectivity index (χ4n) is 3.08. The lowest BCUT2D eigenvalue weighted by molar-refractivity contribution is -0.162. The molecule has 0 saturated carbocycles. The third-order valence-electron chi connectivity index (χ3n) is 4.75. The largest absolute Gasteiger partial charge is 0.327 e. The number of benzene rings is 1. The first-order valence-electron chi connectivity index (χ1n) is 7.36. The van der Waals surface area contributed by atoms with E-state index < -0.39 is 35.3 Å². The van der Waals surface area contributed by atoms with E-state index in [9.17, 15) is 18.0 Å². The molecule has 1 fully saturated rings. The summed E-state index contributed by atoms with van der Waals surface area (Å²) in [5, 5.41) is 0. The number of amides is 1. The predicted octanol–water partition coefficient (Wildman–Crippen LogP) is 2.87. The van der Waals surface area contributed by atoms with Crippen molar-refractivity contribution in [3.63, 3.8) is 0 Å². The van der Waals surface area contributed by atoms with Crippen LogP contribution in [0.5, 0.6) is 0 Å². The van der Waals surface area contributed by atoms with Gasteiger partial charge in [-0.25, -0.2) is 13.2 Å². The Labute approximate surface area is 134 Å². The lowest BCUT2D eigenvalue weighted by Gasteiger charge is -2.54. The maximum absolute atomic E-state index is 13.6. The smallest absolute Gasteiger partial charge is 0.246 e. The Morgan fingerprint density at radius 1 is 1.26 bits per heavy atom. The SMILES string of the molecule is C=CCN1C(=O)[C@@](C)(CF)N(C)C[C@]1(C)c1cc(F)cc(F)c1. The van der Waals surface area contributed by atoms with Gasteiger partial charge in [0, 0.05) is 19.2 Å². The summed E-state index contributed by atoms with van der Waals surface area (Å²) in [4.78, 5) is 15.9. The van der Waals surface area contributed by atoms with Crippen LogP contribution in [0.1, 0.15) is 19.4 Å². The van der Waals surface area contributed by atoms with Crippen molar-refractivity contribution in [1.29, 1.82) is 0 Å². The van der Waals surface area contributed by atoms with Crippen LogP contribution in [0.3, 0.4) is 0 Å². The molecule has 2 atom stereocenters. The molecule has 0 bridgehead atoms. The number of carbonyl (C=O) groups excluding carboxylic acids is 1. The second-order valence-electron chi connectivity index (χ2n) is 6.40. The second kappa shape index (κ2) is 6.00. The summed E-state index contributed by atoms with van der Waals surface area (Å²) in [5.41, 5.74) is -1.95. The Morgan fingerprint density at radius 2 is 1.83 bits per heavy atom. The van der Waals surface area contributed by atoms with E-state index in [0.717, 1.165) is 6.07 Å². The van der Waals surface area contributed by atoms with E-state index in [1.54, 1.807) is 18.9 Å². The maximum atomic E-state index is 13.6. The third kappa shape index (κ3) is 2.76. The average Bonchev–Trinajstić information content (AvgIpc) is 2.48. The zero-order chi connectivity index (χ0) is 17.4. The number of likely N-dealkylation sites (N-methyl/N-ethyl adjacent to an activating group) is 1. The van der Waals surface area contributed by atoms with E-state index in [1.165, 1.54) is 30.0 Å². The van der Waals surface area contributed by atoms with Gasteiger partial charge in [0.05, 0.1) is 5.54 Å². The molecule has 0 N–H and O–H groups in total. The molecule has 3 nitrogen and oxygen atoms in total. The highest BCUT2D eigenvalue weighted by molar-refractivity contribution is 5.88. The maximum Gasteiger partial charge on any atom is 0.246 e. The predicted molar refractivity (Wildman–Crippen MR) is 82.6 cm³/mol. The summed E-state index contributed by atoms with van der Waals surface area (Å²) in [6.07, 6.45) is 1.52. The molecule has 0 aromatic heterocycles. The van der Waals surface area contributed by atoms with Crippen molar-refractivity contribution >= 4 is 5.91 Å². The zero-order valence-corrected chi connectivity index (χ0v) is 13.6. The highest BCUT2D eigenvalue weighted by atomic mass is 19.1. The fraction of sp³-hybridized carbons (Fsp3) is 0.471. The fourth-order valence-corrected chi connectivity index (χ4v) is 3.08. The van der Waals surface area contributed by atoms with Gasteiger partial charge >= 0.3 is 0 Å². The number of rotatable bonds is 4. The lowest BCUT2D eigenvalue weighted by Crippen LogP contribution is -2.70. The second-order valence-corrected chi connectivity index (χ2v) is 6.40. The Hall–Kier alpha value is -1.82. The molecule has 1 saturated heterocycles. The van der Waals surface area contributed by atoms with Crippen molar-refractivity contribution in [2.75, 3.05) is 26.8 Å². The van der Waals surface area contributed by atoms with Gasteiger partial charge in [-0.2, -0.15) is 0 Å². The van der Waals surface area contributed by atoms with Crippen LogP contribution in [-0.4, -0.2) is 48.1 Å². The Kier molecular flexibility index (Phi) is 4.57. The van der Waals surface area contributed by atoms with Crippen molar-refractivity contribution in [3.8, 4) is 0 Å². The Bertz CT molecular complexity index is 616. The molecular formula is C17H21F3N2O. The van der Waals surface area contributed by atoms with E-state index in [-0.39, 0.29) is 13.1 Å². The van der Waals surface area contributed by atoms with Crippen LogP contribution in [-0.2, 0) is 10.3 Å². The number of hydrogen-bond acceptors (Lipinski definition) is 2. The van der Waals surface area contributed by atoms with Crippen LogP contribution in [0.15, 0.2) is 30.9 Å². The Morgan fingerprint density at radius 3 is 2.30 bits per heavy atom. The molecule has 1 amide bonds. The first-order chi connectivity index (χ1) is 10.7. The highest BCUT2D eigenvalue weighted by Gasteiger charge is 2.53. The minimum atomic E-state index is -1.30. The van der Waals surface area contributed by atoms with Gasteiger partial charge in [-0.3, -0.25) is 9.69 Å². The first kappa shape index (κ1) is 17.5. The van der Waals surface area contributed by atoms with Crippen LogP contribution in [0, 0.1) is 11.6 Å². The molecule has 1 aliphatic rings. The van der Waals surface area contributed by atoms with Crippen molar-refractivity contribution in [2.24, 2.45) is 0 Å². The molecule has 6 heteroatoms. The van der Waals surface area contributed by atoms with Crippen molar-refractivity contribution in [1.82, 2.24) is 9.80 Å². The molecule has 0 unspecified atom stereocenters. The van der Waals surface area contributed by atoms with Crippen molar-refractivity contribution < 1.29 is 18.0 Å². The minimum Gasteiger partial charge on any atom is -0.327 e. The highest BCUT2D eigenvalue weighted by Crippen LogP contribution is 2.38. The minimum absolute atomic E-state index is 0.164. The lowest BCUT2D eigenvalue weighted by atomic mass is 9.82. The van der Waals surface area contributed by atoms with Crippen LogP contribution in [0.25, 0.3) is 0 Å². The molecule has 23 heavy (non-hydrogen) atoms. The first-order valence-corrected chi connectivity index (χ1v) is 7.36. The van der Waals surface area contributed by atoms with E-state index >= 15 is 0 Å². The van der Waals surface area contributed by atoms with Crippen LogP contribution >= 0.6 is 0 Å².